The zero-order chi connectivity index (χ0) is 14.9. The van der Waals surface area contributed by atoms with Crippen LogP contribution in [-0.2, 0) is 9.59 Å². The molecule has 2 N–H and O–H groups in total. The number of benzene rings is 1. The number of anilines is 1. The van der Waals surface area contributed by atoms with Crippen LogP contribution in [0.1, 0.15) is 25.3 Å². The molecule has 1 fully saturated rings. The maximum absolute atomic E-state index is 12.3. The smallest absolute Gasteiger partial charge is 0.307 e. The highest BCUT2D eigenvalue weighted by atomic mass is 79.9. The van der Waals surface area contributed by atoms with E-state index in [1.54, 1.807) is 0 Å². The third kappa shape index (κ3) is 3.20. The molecule has 3 atom stereocenters. The normalized spacial score (nSPS) is 25.4. The quantitative estimate of drug-likeness (QED) is 0.886. The van der Waals surface area contributed by atoms with Crippen molar-refractivity contribution in [3.63, 3.8) is 0 Å². The minimum Gasteiger partial charge on any atom is -0.481 e. The number of hydrogen-bond donors (Lipinski definition) is 2. The molecule has 5 heteroatoms. The van der Waals surface area contributed by atoms with Crippen molar-refractivity contribution in [1.29, 1.82) is 0 Å². The Kier molecular flexibility index (Phi) is 4.48. The number of aryl methyl sites for hydroxylation is 1. The number of rotatable bonds is 3. The van der Waals surface area contributed by atoms with Crippen molar-refractivity contribution < 1.29 is 14.7 Å². The molecule has 0 radical (unpaired) electrons. The first-order valence-electron chi connectivity index (χ1n) is 6.68. The maximum Gasteiger partial charge on any atom is 0.307 e. The van der Waals surface area contributed by atoms with Crippen LogP contribution in [0.5, 0.6) is 0 Å². The zero-order valence-electron chi connectivity index (χ0n) is 11.5. The summed E-state index contributed by atoms with van der Waals surface area (Å²) in [6, 6.07) is 5.55. The molecule has 2 rings (SSSR count). The molecule has 1 aliphatic carbocycles. The second kappa shape index (κ2) is 5.95. The summed E-state index contributed by atoms with van der Waals surface area (Å²) in [5, 5.41) is 12.0. The second-order valence-corrected chi connectivity index (χ2v) is 6.44. The van der Waals surface area contributed by atoms with E-state index in [-0.39, 0.29) is 11.8 Å². The molecule has 108 valence electrons. The third-order valence-electron chi connectivity index (χ3n) is 3.88. The van der Waals surface area contributed by atoms with Gasteiger partial charge >= 0.3 is 5.97 Å². The molecule has 0 bridgehead atoms. The van der Waals surface area contributed by atoms with Crippen LogP contribution in [0, 0.1) is 24.7 Å². The van der Waals surface area contributed by atoms with Crippen molar-refractivity contribution >= 4 is 33.5 Å². The van der Waals surface area contributed by atoms with E-state index in [0.29, 0.717) is 18.5 Å². The first kappa shape index (κ1) is 15.0. The van der Waals surface area contributed by atoms with Gasteiger partial charge in [0.2, 0.25) is 5.91 Å². The molecule has 0 aliphatic heterocycles. The fourth-order valence-corrected chi connectivity index (χ4v) is 3.06. The van der Waals surface area contributed by atoms with Crippen LogP contribution in [0.15, 0.2) is 22.7 Å². The first-order valence-corrected chi connectivity index (χ1v) is 7.47. The van der Waals surface area contributed by atoms with Crippen LogP contribution in [0.2, 0.25) is 0 Å². The van der Waals surface area contributed by atoms with Crippen LogP contribution < -0.4 is 5.32 Å². The number of halogens is 1. The van der Waals surface area contributed by atoms with Crippen LogP contribution in [-0.4, -0.2) is 17.0 Å². The molecule has 0 aromatic heterocycles. The monoisotopic (exact) mass is 339 g/mol. The highest BCUT2D eigenvalue weighted by Gasteiger charge is 2.41. The van der Waals surface area contributed by atoms with Gasteiger partial charge < -0.3 is 10.4 Å². The van der Waals surface area contributed by atoms with E-state index in [4.69, 9.17) is 0 Å². The molecular weight excluding hydrogens is 322 g/mol. The minimum absolute atomic E-state index is 0.191. The Morgan fingerprint density at radius 1 is 1.30 bits per heavy atom. The Hall–Kier alpha value is -1.36. The average Bonchev–Trinajstić information content (AvgIpc) is 2.76. The van der Waals surface area contributed by atoms with E-state index in [1.165, 1.54) is 0 Å². The SMILES string of the molecule is Cc1cc(NC(=O)[C@H]2CC(C)C[C@H]2C(=O)O)ccc1Br. The van der Waals surface area contributed by atoms with E-state index in [9.17, 15) is 14.7 Å². The largest absolute Gasteiger partial charge is 0.481 e. The van der Waals surface area contributed by atoms with Gasteiger partial charge in [-0.2, -0.15) is 0 Å². The molecule has 1 saturated carbocycles. The number of amides is 1. The lowest BCUT2D eigenvalue weighted by Gasteiger charge is -2.16. The molecule has 20 heavy (non-hydrogen) atoms. The van der Waals surface area contributed by atoms with E-state index < -0.39 is 17.8 Å². The van der Waals surface area contributed by atoms with Gasteiger partial charge in [0, 0.05) is 10.2 Å². The third-order valence-corrected chi connectivity index (χ3v) is 4.77. The first-order chi connectivity index (χ1) is 9.38. The van der Waals surface area contributed by atoms with E-state index in [0.717, 1.165) is 10.0 Å². The molecule has 1 aromatic carbocycles. The number of carboxylic acid groups (broad SMARTS) is 1. The van der Waals surface area contributed by atoms with Gasteiger partial charge in [-0.1, -0.05) is 22.9 Å². The number of hydrogen-bond acceptors (Lipinski definition) is 2. The lowest BCUT2D eigenvalue weighted by atomic mass is 9.95. The number of carbonyl (C=O) groups excluding carboxylic acids is 1. The lowest BCUT2D eigenvalue weighted by molar-refractivity contribution is -0.145. The Labute approximate surface area is 126 Å². The highest BCUT2D eigenvalue weighted by molar-refractivity contribution is 9.10. The highest BCUT2D eigenvalue weighted by Crippen LogP contribution is 2.37. The summed E-state index contributed by atoms with van der Waals surface area (Å²) in [5.74, 6) is -1.79. The van der Waals surface area contributed by atoms with Gasteiger partial charge in [-0.25, -0.2) is 0 Å². The summed E-state index contributed by atoms with van der Waals surface area (Å²) < 4.78 is 0.980. The number of carbonyl (C=O) groups is 2. The van der Waals surface area contributed by atoms with E-state index >= 15 is 0 Å². The van der Waals surface area contributed by atoms with Gasteiger partial charge in [0.05, 0.1) is 11.8 Å². The standard InChI is InChI=1S/C15H18BrNO3/c1-8-5-11(12(6-8)15(19)20)14(18)17-10-3-4-13(16)9(2)7-10/h3-4,7-8,11-12H,5-6H2,1-2H3,(H,17,18)(H,19,20)/t8?,11-,12+/m0/s1. The molecule has 0 spiro atoms. The Morgan fingerprint density at radius 3 is 2.55 bits per heavy atom. The van der Waals surface area contributed by atoms with Gasteiger partial charge in [-0.15, -0.1) is 0 Å². The van der Waals surface area contributed by atoms with Gasteiger partial charge in [0.15, 0.2) is 0 Å². The van der Waals surface area contributed by atoms with Crippen molar-refractivity contribution in [1.82, 2.24) is 0 Å². The van der Waals surface area contributed by atoms with Crippen LogP contribution in [0.25, 0.3) is 0 Å². The number of carboxylic acids is 1. The average molecular weight is 340 g/mol. The summed E-state index contributed by atoms with van der Waals surface area (Å²) >= 11 is 3.41. The molecule has 1 amide bonds. The van der Waals surface area contributed by atoms with Gasteiger partial charge in [0.25, 0.3) is 0 Å². The fraction of sp³-hybridized carbons (Fsp3) is 0.467. The van der Waals surface area contributed by atoms with Crippen molar-refractivity contribution in [3.8, 4) is 0 Å². The van der Waals surface area contributed by atoms with E-state index in [1.807, 2.05) is 32.0 Å². The van der Waals surface area contributed by atoms with Crippen molar-refractivity contribution in [3.05, 3.63) is 28.2 Å². The summed E-state index contributed by atoms with van der Waals surface area (Å²) in [6.07, 6.45) is 1.21. The van der Waals surface area contributed by atoms with Crippen molar-refractivity contribution in [2.75, 3.05) is 5.32 Å². The maximum atomic E-state index is 12.3. The van der Waals surface area contributed by atoms with Crippen LogP contribution >= 0.6 is 15.9 Å². The number of nitrogens with one attached hydrogen (secondary N) is 1. The Bertz CT molecular complexity index is 544. The van der Waals surface area contributed by atoms with Crippen molar-refractivity contribution in [2.24, 2.45) is 17.8 Å². The Balaban J connectivity index is 2.11. The van der Waals surface area contributed by atoms with Crippen LogP contribution in [0.3, 0.4) is 0 Å². The zero-order valence-corrected chi connectivity index (χ0v) is 13.1. The molecule has 0 heterocycles. The predicted molar refractivity (Wildman–Crippen MR) is 80.5 cm³/mol. The molecule has 1 unspecified atom stereocenters. The lowest BCUT2D eigenvalue weighted by Crippen LogP contribution is -2.30. The van der Waals surface area contributed by atoms with Crippen LogP contribution in [0.4, 0.5) is 5.69 Å². The molecular formula is C15H18BrNO3. The summed E-state index contributed by atoms with van der Waals surface area (Å²) in [6.45, 7) is 3.93. The number of aliphatic carboxylic acids is 1. The van der Waals surface area contributed by atoms with E-state index in [2.05, 4.69) is 21.2 Å². The molecule has 0 saturated heterocycles. The van der Waals surface area contributed by atoms with Crippen molar-refractivity contribution in [2.45, 2.75) is 26.7 Å². The summed E-state index contributed by atoms with van der Waals surface area (Å²) in [7, 11) is 0. The van der Waals surface area contributed by atoms with Gasteiger partial charge in [-0.3, -0.25) is 9.59 Å². The molecule has 1 aliphatic rings. The fourth-order valence-electron chi connectivity index (χ4n) is 2.81. The molecule has 4 nitrogen and oxygen atoms in total. The summed E-state index contributed by atoms with van der Waals surface area (Å²) in [4.78, 5) is 23.5. The minimum atomic E-state index is -0.874. The van der Waals surface area contributed by atoms with Gasteiger partial charge in [0.1, 0.15) is 0 Å². The topological polar surface area (TPSA) is 66.4 Å². The second-order valence-electron chi connectivity index (χ2n) is 5.58. The Morgan fingerprint density at radius 2 is 1.95 bits per heavy atom. The van der Waals surface area contributed by atoms with Gasteiger partial charge in [-0.05, 0) is 49.4 Å². The molecule has 1 aromatic rings. The predicted octanol–water partition coefficient (Wildman–Crippen LogP) is 3.44. The summed E-state index contributed by atoms with van der Waals surface area (Å²) in [5.41, 5.74) is 1.73.